The van der Waals surface area contributed by atoms with Crippen LogP contribution in [0.15, 0.2) is 36.4 Å². The Morgan fingerprint density at radius 2 is 2.07 bits per heavy atom. The number of hydrogen-bond acceptors (Lipinski definition) is 2. The Balaban J connectivity index is 2.62. The summed E-state index contributed by atoms with van der Waals surface area (Å²) in [6, 6.07) is 10.4. The second-order valence-corrected chi connectivity index (χ2v) is 2.88. The lowest BCUT2D eigenvalue weighted by atomic mass is 10.1. The second-order valence-electron chi connectivity index (χ2n) is 2.88. The Morgan fingerprint density at radius 3 is 2.86 bits per heavy atom. The van der Waals surface area contributed by atoms with Gasteiger partial charge in [0.1, 0.15) is 2.74 Å². The van der Waals surface area contributed by atoms with Crippen LogP contribution in [-0.2, 0) is 0 Å². The predicted octanol–water partition coefficient (Wildman–Crippen LogP) is 2.73. The highest BCUT2D eigenvalue weighted by atomic mass is 19.1. The van der Waals surface area contributed by atoms with Crippen molar-refractivity contribution in [1.82, 2.24) is 0 Å². The van der Waals surface area contributed by atoms with Crippen molar-refractivity contribution in [3.8, 4) is 5.75 Å². The van der Waals surface area contributed by atoms with Crippen LogP contribution < -0.4 is 10.5 Å². The quantitative estimate of drug-likeness (QED) is 0.744. The van der Waals surface area contributed by atoms with Gasteiger partial charge in [0.25, 0.3) is 0 Å². The molecule has 0 saturated heterocycles. The van der Waals surface area contributed by atoms with Crippen molar-refractivity contribution >= 4 is 16.5 Å². The summed E-state index contributed by atoms with van der Waals surface area (Å²) in [5.41, 5.74) is 5.84. The van der Waals surface area contributed by atoms with Gasteiger partial charge >= 0.3 is 0 Å². The van der Waals surface area contributed by atoms with Crippen LogP contribution in [0.25, 0.3) is 10.8 Å². The molecule has 0 unspecified atom stereocenters. The minimum atomic E-state index is -3.24. The van der Waals surface area contributed by atoms with Gasteiger partial charge in [-0.3, -0.25) is 0 Å². The molecule has 72 valence electrons. The maximum absolute atomic E-state index is 12.8. The van der Waals surface area contributed by atoms with E-state index in [9.17, 15) is 4.39 Å². The number of hydrogen-bond donors (Lipinski definition) is 1. The molecule has 2 aromatic rings. The molecular weight excluding hydrogens is 181 g/mol. The fourth-order valence-corrected chi connectivity index (χ4v) is 1.41. The molecule has 0 heterocycles. The summed E-state index contributed by atoms with van der Waals surface area (Å²) in [7, 11) is 0. The maximum atomic E-state index is 12.8. The first-order chi connectivity index (χ1) is 7.47. The van der Waals surface area contributed by atoms with Crippen molar-refractivity contribution < 1.29 is 11.9 Å². The van der Waals surface area contributed by atoms with Crippen LogP contribution in [-0.4, -0.2) is 6.81 Å². The highest BCUT2D eigenvalue weighted by molar-refractivity contribution is 5.92. The zero-order valence-electron chi connectivity index (χ0n) is 9.33. The van der Waals surface area contributed by atoms with Crippen LogP contribution in [0.5, 0.6) is 5.75 Å². The van der Waals surface area contributed by atoms with Crippen molar-refractivity contribution in [1.29, 1.82) is 0 Å². The van der Waals surface area contributed by atoms with E-state index >= 15 is 0 Å². The van der Waals surface area contributed by atoms with Crippen LogP contribution in [0.4, 0.5) is 10.1 Å². The molecule has 2 rings (SSSR count). The monoisotopic (exact) mass is 193 g/mol. The number of nitrogen functional groups attached to an aromatic ring is 1. The SMILES string of the molecule is [2H]C([2H])(F)Oc1c(N)ccc2ccccc12. The van der Waals surface area contributed by atoms with Crippen molar-refractivity contribution in [3.05, 3.63) is 36.4 Å². The predicted molar refractivity (Wildman–Crippen MR) is 55.0 cm³/mol. The van der Waals surface area contributed by atoms with Crippen LogP contribution in [0.1, 0.15) is 2.74 Å². The molecular formula is C11H10FNO. The average molecular weight is 193 g/mol. The summed E-state index contributed by atoms with van der Waals surface area (Å²) in [4.78, 5) is 0. The van der Waals surface area contributed by atoms with Crippen molar-refractivity contribution in [2.45, 2.75) is 0 Å². The Kier molecular flexibility index (Phi) is 1.68. The molecule has 2 aromatic carbocycles. The molecule has 0 radical (unpaired) electrons. The van der Waals surface area contributed by atoms with Crippen molar-refractivity contribution in [2.75, 3.05) is 12.5 Å². The number of fused-ring (bicyclic) bond motifs is 1. The van der Waals surface area contributed by atoms with Crippen LogP contribution in [0, 0.1) is 0 Å². The second kappa shape index (κ2) is 3.54. The number of rotatable bonds is 2. The highest BCUT2D eigenvalue weighted by Gasteiger charge is 2.05. The Morgan fingerprint density at radius 1 is 1.29 bits per heavy atom. The number of ether oxygens (including phenoxy) is 1. The van der Waals surface area contributed by atoms with Gasteiger partial charge < -0.3 is 10.5 Å². The lowest BCUT2D eigenvalue weighted by Gasteiger charge is -2.08. The average Bonchev–Trinajstić information content (AvgIpc) is 2.21. The van der Waals surface area contributed by atoms with Gasteiger partial charge in [0.05, 0.1) is 5.69 Å². The summed E-state index contributed by atoms with van der Waals surface area (Å²) in [6.45, 7) is -3.24. The molecule has 0 amide bonds. The fraction of sp³-hybridized carbons (Fsp3) is 0.0909. The molecule has 0 aliphatic rings. The van der Waals surface area contributed by atoms with Crippen LogP contribution in [0.2, 0.25) is 0 Å². The standard InChI is InChI=1S/C11H10FNO/c12-7-14-11-9-4-2-1-3-8(9)5-6-10(11)13/h1-6H,7,13H2/i7D2. The third-order valence-electron chi connectivity index (χ3n) is 2.05. The minimum absolute atomic E-state index is 0.0330. The molecule has 2 N–H and O–H groups in total. The number of nitrogens with two attached hydrogens (primary N) is 1. The third kappa shape index (κ3) is 1.37. The van der Waals surface area contributed by atoms with E-state index in [-0.39, 0.29) is 11.4 Å². The van der Waals surface area contributed by atoms with E-state index in [1.807, 2.05) is 12.1 Å². The summed E-state index contributed by atoms with van der Waals surface area (Å²) in [5.74, 6) is 0.0330. The van der Waals surface area contributed by atoms with Gasteiger partial charge in [-0.25, -0.2) is 4.39 Å². The zero-order valence-corrected chi connectivity index (χ0v) is 7.33. The van der Waals surface area contributed by atoms with E-state index in [4.69, 9.17) is 8.48 Å². The summed E-state index contributed by atoms with van der Waals surface area (Å²) >= 11 is 0. The van der Waals surface area contributed by atoms with Gasteiger partial charge in [0, 0.05) is 5.39 Å². The largest absolute Gasteiger partial charge is 0.460 e. The first-order valence-corrected chi connectivity index (χ1v) is 4.12. The maximum Gasteiger partial charge on any atom is 0.228 e. The number of alkyl halides is 1. The summed E-state index contributed by atoms with van der Waals surface area (Å²) < 4.78 is 31.0. The zero-order chi connectivity index (χ0) is 11.8. The summed E-state index contributed by atoms with van der Waals surface area (Å²) in [5, 5.41) is 1.40. The number of anilines is 1. The summed E-state index contributed by atoms with van der Waals surface area (Å²) in [6.07, 6.45) is 0. The Hall–Kier alpha value is -1.77. The highest BCUT2D eigenvalue weighted by Crippen LogP contribution is 2.31. The molecule has 0 aliphatic heterocycles. The lowest BCUT2D eigenvalue weighted by molar-refractivity contribution is 0.195. The van der Waals surface area contributed by atoms with Crippen LogP contribution >= 0.6 is 0 Å². The Labute approximate surface area is 83.9 Å². The minimum Gasteiger partial charge on any atom is -0.460 e. The van der Waals surface area contributed by atoms with Crippen LogP contribution in [0.3, 0.4) is 0 Å². The van der Waals surface area contributed by atoms with E-state index in [1.54, 1.807) is 24.3 Å². The molecule has 2 nitrogen and oxygen atoms in total. The molecule has 3 heteroatoms. The van der Waals surface area contributed by atoms with Gasteiger partial charge in [0.15, 0.2) is 5.75 Å². The normalized spacial score (nSPS) is 13.5. The number of halogens is 1. The lowest BCUT2D eigenvalue weighted by Crippen LogP contribution is -1.96. The number of benzene rings is 2. The van der Waals surface area contributed by atoms with E-state index in [2.05, 4.69) is 4.74 Å². The van der Waals surface area contributed by atoms with E-state index in [1.165, 1.54) is 0 Å². The molecule has 14 heavy (non-hydrogen) atoms. The molecule has 0 fully saturated rings. The van der Waals surface area contributed by atoms with Gasteiger partial charge in [-0.1, -0.05) is 30.3 Å². The van der Waals surface area contributed by atoms with Crippen molar-refractivity contribution in [2.24, 2.45) is 0 Å². The van der Waals surface area contributed by atoms with E-state index in [0.717, 1.165) is 5.39 Å². The fourth-order valence-electron chi connectivity index (χ4n) is 1.41. The van der Waals surface area contributed by atoms with Gasteiger partial charge in [0.2, 0.25) is 6.81 Å². The smallest absolute Gasteiger partial charge is 0.228 e. The van der Waals surface area contributed by atoms with E-state index in [0.29, 0.717) is 5.39 Å². The molecule has 0 spiro atoms. The van der Waals surface area contributed by atoms with Gasteiger partial charge in [-0.15, -0.1) is 0 Å². The molecule has 0 atom stereocenters. The van der Waals surface area contributed by atoms with Gasteiger partial charge in [-0.05, 0) is 11.5 Å². The molecule has 0 bridgehead atoms. The molecule has 0 saturated carbocycles. The van der Waals surface area contributed by atoms with Gasteiger partial charge in [-0.2, -0.15) is 0 Å². The molecule has 0 aliphatic carbocycles. The first kappa shape index (κ1) is 6.65. The van der Waals surface area contributed by atoms with E-state index < -0.39 is 6.81 Å². The van der Waals surface area contributed by atoms with Crippen molar-refractivity contribution in [3.63, 3.8) is 0 Å². The third-order valence-corrected chi connectivity index (χ3v) is 2.05. The topological polar surface area (TPSA) is 35.2 Å². The first-order valence-electron chi connectivity index (χ1n) is 5.12. The Bertz CT molecular complexity index is 525. The molecule has 0 aromatic heterocycles.